The molecule has 23 heavy (non-hydrogen) atoms. The fourth-order valence-corrected chi connectivity index (χ4v) is 4.16. The van der Waals surface area contributed by atoms with Crippen molar-refractivity contribution < 1.29 is 16.8 Å². The highest BCUT2D eigenvalue weighted by atomic mass is 79.9. The van der Waals surface area contributed by atoms with Crippen LogP contribution in [0.5, 0.6) is 0 Å². The van der Waals surface area contributed by atoms with Gasteiger partial charge >= 0.3 is 0 Å². The van der Waals surface area contributed by atoms with Gasteiger partial charge in [-0.3, -0.25) is 4.72 Å². The number of hydrogen-bond acceptors (Lipinski definition) is 4. The van der Waals surface area contributed by atoms with Crippen LogP contribution in [0.3, 0.4) is 0 Å². The van der Waals surface area contributed by atoms with Crippen molar-refractivity contribution in [2.24, 2.45) is 5.14 Å². The van der Waals surface area contributed by atoms with Gasteiger partial charge in [0, 0.05) is 4.47 Å². The second-order valence-corrected chi connectivity index (χ2v) is 9.11. The molecule has 2 aromatic rings. The topological polar surface area (TPSA) is 106 Å². The summed E-state index contributed by atoms with van der Waals surface area (Å²) in [4.78, 5) is -0.0411. The Kier molecular flexibility index (Phi) is 4.86. The van der Waals surface area contributed by atoms with Crippen LogP contribution < -0.4 is 9.86 Å². The fourth-order valence-electron chi connectivity index (χ4n) is 1.97. The number of aryl methyl sites for hydroxylation is 2. The molecule has 9 heteroatoms. The first-order chi connectivity index (χ1) is 10.5. The number of halogens is 1. The molecule has 0 heterocycles. The molecule has 2 aromatic carbocycles. The van der Waals surface area contributed by atoms with E-state index in [0.717, 1.165) is 10.0 Å². The minimum Gasteiger partial charge on any atom is -0.280 e. The summed E-state index contributed by atoms with van der Waals surface area (Å²) in [5.74, 6) is 0. The fraction of sp³-hybridized carbons (Fsp3) is 0.143. The van der Waals surface area contributed by atoms with E-state index in [2.05, 4.69) is 20.7 Å². The molecule has 0 aromatic heterocycles. The van der Waals surface area contributed by atoms with Gasteiger partial charge in [0.05, 0.1) is 15.5 Å². The maximum atomic E-state index is 12.4. The Hall–Kier alpha value is -1.42. The zero-order chi connectivity index (χ0) is 17.4. The number of sulfonamides is 2. The van der Waals surface area contributed by atoms with Crippen molar-refractivity contribution >= 4 is 41.7 Å². The third kappa shape index (κ3) is 4.11. The molecular formula is C14H15BrN2O4S2. The number of primary sulfonamides is 1. The summed E-state index contributed by atoms with van der Waals surface area (Å²) in [7, 11) is -7.76. The van der Waals surface area contributed by atoms with Gasteiger partial charge in [0.15, 0.2) is 0 Å². The molecule has 3 N–H and O–H groups in total. The average Bonchev–Trinajstić information content (AvgIpc) is 2.42. The maximum Gasteiger partial charge on any atom is 0.261 e. The lowest BCUT2D eigenvalue weighted by molar-refractivity contribution is 0.596. The molecule has 0 amide bonds. The van der Waals surface area contributed by atoms with Gasteiger partial charge in [-0.2, -0.15) is 0 Å². The molecule has 6 nitrogen and oxygen atoms in total. The van der Waals surface area contributed by atoms with E-state index in [0.29, 0.717) is 5.56 Å². The maximum absolute atomic E-state index is 12.4. The molecule has 0 atom stereocenters. The Morgan fingerprint density at radius 1 is 0.957 bits per heavy atom. The molecule has 0 aliphatic rings. The molecule has 0 radical (unpaired) electrons. The number of benzene rings is 2. The lowest BCUT2D eigenvalue weighted by Gasteiger charge is -2.11. The van der Waals surface area contributed by atoms with Crippen LogP contribution in [-0.4, -0.2) is 16.8 Å². The summed E-state index contributed by atoms with van der Waals surface area (Å²) in [5.41, 5.74) is 1.33. The van der Waals surface area contributed by atoms with Crippen LogP contribution in [0.4, 0.5) is 5.69 Å². The van der Waals surface area contributed by atoms with Crippen LogP contribution >= 0.6 is 15.9 Å². The van der Waals surface area contributed by atoms with E-state index in [1.54, 1.807) is 19.9 Å². The molecule has 0 aliphatic heterocycles. The molecule has 0 saturated carbocycles. The Morgan fingerprint density at radius 3 is 2.17 bits per heavy atom. The Bertz CT molecular complexity index is 970. The van der Waals surface area contributed by atoms with Gasteiger partial charge in [-0.1, -0.05) is 22.0 Å². The Balaban J connectivity index is 2.43. The second kappa shape index (κ2) is 6.23. The van der Waals surface area contributed by atoms with Gasteiger partial charge in [0.25, 0.3) is 10.0 Å². The molecule has 0 saturated heterocycles. The molecule has 0 aliphatic carbocycles. The highest BCUT2D eigenvalue weighted by molar-refractivity contribution is 9.10. The molecule has 124 valence electrons. The van der Waals surface area contributed by atoms with Crippen LogP contribution in [-0.2, 0) is 20.0 Å². The molecule has 0 spiro atoms. The van der Waals surface area contributed by atoms with Gasteiger partial charge < -0.3 is 0 Å². The van der Waals surface area contributed by atoms with Gasteiger partial charge in [0.2, 0.25) is 10.0 Å². The first-order valence-corrected chi connectivity index (χ1v) is 10.3. The van der Waals surface area contributed by atoms with E-state index in [4.69, 9.17) is 5.14 Å². The van der Waals surface area contributed by atoms with Crippen LogP contribution in [0.1, 0.15) is 11.1 Å². The van der Waals surface area contributed by atoms with E-state index in [9.17, 15) is 16.8 Å². The smallest absolute Gasteiger partial charge is 0.261 e. The highest BCUT2D eigenvalue weighted by Crippen LogP contribution is 2.24. The van der Waals surface area contributed by atoms with Crippen molar-refractivity contribution in [3.05, 3.63) is 52.0 Å². The zero-order valence-corrected chi connectivity index (χ0v) is 15.6. The predicted octanol–water partition coefficient (Wildman–Crippen LogP) is 2.51. The van der Waals surface area contributed by atoms with Crippen molar-refractivity contribution in [2.75, 3.05) is 4.72 Å². The summed E-state index contributed by atoms with van der Waals surface area (Å²) < 4.78 is 51.0. The van der Waals surface area contributed by atoms with Crippen molar-refractivity contribution in [2.45, 2.75) is 23.6 Å². The van der Waals surface area contributed by atoms with E-state index in [-0.39, 0.29) is 15.5 Å². The molecule has 0 bridgehead atoms. The Labute approximate surface area is 143 Å². The summed E-state index contributed by atoms with van der Waals surface area (Å²) in [6, 6.07) is 8.77. The molecule has 2 rings (SSSR count). The number of hydrogen-bond donors (Lipinski definition) is 2. The van der Waals surface area contributed by atoms with E-state index < -0.39 is 20.0 Å². The molecule has 0 unspecified atom stereocenters. The van der Waals surface area contributed by atoms with Crippen LogP contribution in [0.15, 0.2) is 50.7 Å². The standard InChI is InChI=1S/C14H15BrN2O4S2/c1-9-3-4-11(8-14(9)22(16,18)19)17-23(20,21)12-5-6-13(15)10(2)7-12/h3-8,17H,1-2H3,(H2,16,18,19). The van der Waals surface area contributed by atoms with Gasteiger partial charge in [-0.05, 0) is 55.3 Å². The summed E-state index contributed by atoms with van der Waals surface area (Å²) in [5, 5.41) is 5.13. The first kappa shape index (κ1) is 17.9. The van der Waals surface area contributed by atoms with E-state index in [1.165, 1.54) is 30.3 Å². The normalized spacial score (nSPS) is 12.2. The number of nitrogens with one attached hydrogen (secondary N) is 1. The van der Waals surface area contributed by atoms with Gasteiger partial charge in [-0.25, -0.2) is 22.0 Å². The van der Waals surface area contributed by atoms with E-state index >= 15 is 0 Å². The van der Waals surface area contributed by atoms with E-state index in [1.807, 2.05) is 0 Å². The second-order valence-electron chi connectivity index (χ2n) is 5.04. The monoisotopic (exact) mass is 418 g/mol. The summed E-state index contributed by atoms with van der Waals surface area (Å²) in [6.07, 6.45) is 0. The largest absolute Gasteiger partial charge is 0.280 e. The van der Waals surface area contributed by atoms with Crippen LogP contribution in [0.25, 0.3) is 0 Å². The summed E-state index contributed by atoms with van der Waals surface area (Å²) >= 11 is 3.31. The predicted molar refractivity (Wildman–Crippen MR) is 92.2 cm³/mol. The van der Waals surface area contributed by atoms with Crippen molar-refractivity contribution in [1.82, 2.24) is 0 Å². The van der Waals surface area contributed by atoms with Crippen molar-refractivity contribution in [1.29, 1.82) is 0 Å². The highest BCUT2D eigenvalue weighted by Gasteiger charge is 2.18. The van der Waals surface area contributed by atoms with Gasteiger partial charge in [0.1, 0.15) is 0 Å². The number of rotatable bonds is 4. The lowest BCUT2D eigenvalue weighted by atomic mass is 10.2. The number of anilines is 1. The third-order valence-electron chi connectivity index (χ3n) is 3.19. The minimum absolute atomic E-state index is 0.0796. The molecule has 0 fully saturated rings. The quantitative estimate of drug-likeness (QED) is 0.794. The average molecular weight is 419 g/mol. The minimum atomic E-state index is -3.93. The van der Waals surface area contributed by atoms with Crippen molar-refractivity contribution in [3.8, 4) is 0 Å². The van der Waals surface area contributed by atoms with Crippen LogP contribution in [0, 0.1) is 13.8 Å². The van der Waals surface area contributed by atoms with Crippen molar-refractivity contribution in [3.63, 3.8) is 0 Å². The lowest BCUT2D eigenvalue weighted by Crippen LogP contribution is -2.16. The zero-order valence-electron chi connectivity index (χ0n) is 12.4. The van der Waals surface area contributed by atoms with Crippen LogP contribution in [0.2, 0.25) is 0 Å². The number of nitrogens with two attached hydrogens (primary N) is 1. The molecular weight excluding hydrogens is 404 g/mol. The third-order valence-corrected chi connectivity index (χ3v) is 6.51. The first-order valence-electron chi connectivity index (χ1n) is 6.43. The van der Waals surface area contributed by atoms with Gasteiger partial charge in [-0.15, -0.1) is 0 Å². The Morgan fingerprint density at radius 2 is 1.61 bits per heavy atom. The summed E-state index contributed by atoms with van der Waals surface area (Å²) in [6.45, 7) is 3.35. The SMILES string of the molecule is Cc1cc(S(=O)(=O)Nc2ccc(C)c(S(N)(=O)=O)c2)ccc1Br.